The number of anilines is 2. The van der Waals surface area contributed by atoms with Gasteiger partial charge in [0.15, 0.2) is 0 Å². The molecule has 41 heavy (non-hydrogen) atoms. The number of hydrogen-bond acceptors (Lipinski definition) is 6. The quantitative estimate of drug-likeness (QED) is 0.247. The summed E-state index contributed by atoms with van der Waals surface area (Å²) in [6.07, 6.45) is 4.04. The Hall–Kier alpha value is -3.74. The smallest absolute Gasteiger partial charge is 0.223 e. The molecule has 0 amide bonds. The number of piperazine rings is 1. The zero-order valence-electron chi connectivity index (χ0n) is 24.7. The van der Waals surface area contributed by atoms with Crippen LogP contribution in [0.3, 0.4) is 0 Å². The van der Waals surface area contributed by atoms with Gasteiger partial charge in [0.25, 0.3) is 0 Å². The number of aromatic nitrogens is 2. The van der Waals surface area contributed by atoms with Gasteiger partial charge in [0.1, 0.15) is 0 Å². The second-order valence-electron chi connectivity index (χ2n) is 11.7. The summed E-state index contributed by atoms with van der Waals surface area (Å²) in [5.41, 5.74) is 11.3. The maximum atomic E-state index is 5.00. The Bertz CT molecular complexity index is 1470. The van der Waals surface area contributed by atoms with Crippen molar-refractivity contribution < 1.29 is 0 Å². The van der Waals surface area contributed by atoms with Gasteiger partial charge in [-0.25, -0.2) is 9.97 Å². The molecule has 0 radical (unpaired) electrons. The number of benzene rings is 3. The van der Waals surface area contributed by atoms with Crippen molar-refractivity contribution >= 4 is 11.6 Å². The number of rotatable bonds is 9. The fraction of sp³-hybridized carbons (Fsp3) is 0.371. The maximum Gasteiger partial charge on any atom is 0.223 e. The van der Waals surface area contributed by atoms with Crippen molar-refractivity contribution in [3.63, 3.8) is 0 Å². The third-order valence-electron chi connectivity index (χ3n) is 8.70. The van der Waals surface area contributed by atoms with E-state index in [1.807, 2.05) is 6.20 Å². The van der Waals surface area contributed by atoms with Crippen molar-refractivity contribution in [3.05, 3.63) is 106 Å². The number of hydrogen-bond donors (Lipinski definition) is 2. The summed E-state index contributed by atoms with van der Waals surface area (Å²) in [6.45, 7) is 11.8. The lowest BCUT2D eigenvalue weighted by atomic mass is 9.78. The lowest BCUT2D eigenvalue weighted by molar-refractivity contribution is 0.154. The molecule has 1 saturated heterocycles. The lowest BCUT2D eigenvalue weighted by Gasteiger charge is -2.32. The average molecular weight is 547 g/mol. The van der Waals surface area contributed by atoms with Crippen LogP contribution < -0.4 is 10.6 Å². The number of likely N-dealkylation sites (N-methyl/N-ethyl adjacent to an activating group) is 1. The van der Waals surface area contributed by atoms with E-state index in [1.54, 1.807) is 0 Å². The molecule has 1 aliphatic heterocycles. The second kappa shape index (κ2) is 12.4. The number of fused-ring (bicyclic) bond motifs is 3. The first-order chi connectivity index (χ1) is 20.0. The highest BCUT2D eigenvalue weighted by atomic mass is 15.2. The summed E-state index contributed by atoms with van der Waals surface area (Å²) in [6, 6.07) is 24.4. The minimum Gasteiger partial charge on any atom is -0.381 e. The van der Waals surface area contributed by atoms with Gasteiger partial charge in [-0.3, -0.25) is 0 Å². The van der Waals surface area contributed by atoms with Gasteiger partial charge in [-0.15, -0.1) is 0 Å². The monoisotopic (exact) mass is 546 g/mol. The van der Waals surface area contributed by atoms with E-state index in [1.165, 1.54) is 38.9 Å². The molecule has 212 valence electrons. The van der Waals surface area contributed by atoms with Gasteiger partial charge in [0.2, 0.25) is 5.95 Å². The second-order valence-corrected chi connectivity index (χ2v) is 11.7. The van der Waals surface area contributed by atoms with Crippen molar-refractivity contribution in [3.8, 4) is 11.3 Å². The van der Waals surface area contributed by atoms with Crippen LogP contribution in [-0.4, -0.2) is 66.1 Å². The SMILES string of the molecule is Cc1ccc(CNc2ccc(C3Cc4cnc(NCCCN5CCN(C)CC5)nc4-c4ccccc43)cc2)c(C)c1. The summed E-state index contributed by atoms with van der Waals surface area (Å²) >= 11 is 0. The van der Waals surface area contributed by atoms with E-state index in [-0.39, 0.29) is 5.92 Å². The van der Waals surface area contributed by atoms with Gasteiger partial charge in [0, 0.05) is 62.6 Å². The maximum absolute atomic E-state index is 5.00. The minimum absolute atomic E-state index is 0.290. The van der Waals surface area contributed by atoms with E-state index in [2.05, 4.69) is 108 Å². The predicted octanol–water partition coefficient (Wildman–Crippen LogP) is 6.11. The first-order valence-corrected chi connectivity index (χ1v) is 15.0. The fourth-order valence-electron chi connectivity index (χ4n) is 6.17. The molecule has 6 rings (SSSR count). The van der Waals surface area contributed by atoms with Crippen LogP contribution in [0, 0.1) is 13.8 Å². The lowest BCUT2D eigenvalue weighted by Crippen LogP contribution is -2.44. The van der Waals surface area contributed by atoms with E-state index >= 15 is 0 Å². The molecule has 6 heteroatoms. The normalized spacial score (nSPS) is 17.1. The zero-order chi connectivity index (χ0) is 28.2. The van der Waals surface area contributed by atoms with Gasteiger partial charge < -0.3 is 20.4 Å². The summed E-state index contributed by atoms with van der Waals surface area (Å²) in [5.74, 6) is 1.02. The largest absolute Gasteiger partial charge is 0.381 e. The minimum atomic E-state index is 0.290. The Morgan fingerprint density at radius 1 is 0.902 bits per heavy atom. The first kappa shape index (κ1) is 27.4. The van der Waals surface area contributed by atoms with E-state index in [0.29, 0.717) is 0 Å². The molecule has 1 fully saturated rings. The molecule has 3 aromatic carbocycles. The highest BCUT2D eigenvalue weighted by Gasteiger charge is 2.27. The van der Waals surface area contributed by atoms with Gasteiger partial charge in [-0.1, -0.05) is 60.2 Å². The highest BCUT2D eigenvalue weighted by molar-refractivity contribution is 5.72. The zero-order valence-corrected chi connectivity index (χ0v) is 24.7. The number of nitrogens with one attached hydrogen (secondary N) is 2. The van der Waals surface area contributed by atoms with Crippen LogP contribution in [0.15, 0.2) is 72.9 Å². The molecule has 6 nitrogen and oxygen atoms in total. The topological polar surface area (TPSA) is 56.3 Å². The molecule has 1 atom stereocenters. The van der Waals surface area contributed by atoms with E-state index in [9.17, 15) is 0 Å². The van der Waals surface area contributed by atoms with E-state index in [4.69, 9.17) is 9.97 Å². The van der Waals surface area contributed by atoms with Crippen molar-refractivity contribution in [1.29, 1.82) is 0 Å². The third-order valence-corrected chi connectivity index (χ3v) is 8.70. The molecular formula is C35H42N6. The molecule has 1 unspecified atom stereocenters. The molecule has 0 saturated carbocycles. The third kappa shape index (κ3) is 6.45. The Kier molecular flexibility index (Phi) is 8.31. The van der Waals surface area contributed by atoms with Crippen LogP contribution >= 0.6 is 0 Å². The van der Waals surface area contributed by atoms with E-state index < -0.39 is 0 Å². The first-order valence-electron chi connectivity index (χ1n) is 15.0. The van der Waals surface area contributed by atoms with Crippen LogP contribution in [0.2, 0.25) is 0 Å². The van der Waals surface area contributed by atoms with Crippen LogP contribution in [0.1, 0.15) is 45.7 Å². The Labute approximate surface area is 244 Å². The average Bonchev–Trinajstić information content (AvgIpc) is 3.00. The molecule has 0 spiro atoms. The summed E-state index contributed by atoms with van der Waals surface area (Å²) in [4.78, 5) is 14.7. The number of aryl methyl sites for hydroxylation is 2. The van der Waals surface area contributed by atoms with Gasteiger partial charge in [-0.05, 0) is 80.2 Å². The molecule has 2 heterocycles. The Morgan fingerprint density at radius 2 is 1.71 bits per heavy atom. The van der Waals surface area contributed by atoms with Crippen molar-refractivity contribution in [2.24, 2.45) is 0 Å². The molecule has 1 aliphatic carbocycles. The summed E-state index contributed by atoms with van der Waals surface area (Å²) in [7, 11) is 2.20. The van der Waals surface area contributed by atoms with Crippen molar-refractivity contribution in [2.45, 2.75) is 39.2 Å². The van der Waals surface area contributed by atoms with Gasteiger partial charge in [-0.2, -0.15) is 0 Å². The van der Waals surface area contributed by atoms with Crippen LogP contribution in [0.5, 0.6) is 0 Å². The highest BCUT2D eigenvalue weighted by Crippen LogP contribution is 2.42. The standard InChI is InChI=1S/C35H42N6/c1-25-9-10-28(26(2)21-25)23-37-30-13-11-27(12-14-30)33-22-29-24-38-35(39-34(29)32-8-5-4-7-31(32)33)36-15-6-16-41-19-17-40(3)18-20-41/h4-5,7-14,21,24,33,37H,6,15-20,22-23H2,1-3H3,(H,36,38,39). The fourth-order valence-corrected chi connectivity index (χ4v) is 6.17. The van der Waals surface area contributed by atoms with Crippen LogP contribution in [-0.2, 0) is 13.0 Å². The van der Waals surface area contributed by atoms with Crippen molar-refractivity contribution in [2.75, 3.05) is 56.9 Å². The van der Waals surface area contributed by atoms with Crippen LogP contribution in [0.4, 0.5) is 11.6 Å². The molecular weight excluding hydrogens is 504 g/mol. The molecule has 4 aromatic rings. The van der Waals surface area contributed by atoms with Crippen LogP contribution in [0.25, 0.3) is 11.3 Å². The molecule has 1 aromatic heterocycles. The van der Waals surface area contributed by atoms with Crippen molar-refractivity contribution in [1.82, 2.24) is 19.8 Å². The number of nitrogens with zero attached hydrogens (tertiary/aromatic N) is 4. The molecule has 0 bridgehead atoms. The summed E-state index contributed by atoms with van der Waals surface area (Å²) in [5, 5.41) is 7.09. The van der Waals surface area contributed by atoms with Gasteiger partial charge in [0.05, 0.1) is 5.69 Å². The summed E-state index contributed by atoms with van der Waals surface area (Å²) < 4.78 is 0. The molecule has 2 N–H and O–H groups in total. The van der Waals surface area contributed by atoms with Gasteiger partial charge >= 0.3 is 0 Å². The molecule has 2 aliphatic rings. The van der Waals surface area contributed by atoms with E-state index in [0.717, 1.165) is 76.0 Å². The Morgan fingerprint density at radius 3 is 2.51 bits per heavy atom. The Balaban J connectivity index is 1.11. The predicted molar refractivity (Wildman–Crippen MR) is 170 cm³/mol.